The molecule has 1 atom stereocenters. The Morgan fingerprint density at radius 1 is 1.29 bits per heavy atom. The Morgan fingerprint density at radius 2 is 2.00 bits per heavy atom. The number of hydrogen-bond acceptors (Lipinski definition) is 5. The average Bonchev–Trinajstić information content (AvgIpc) is 2.50. The zero-order valence-corrected chi connectivity index (χ0v) is 12.3. The van der Waals surface area contributed by atoms with Crippen LogP contribution in [0, 0.1) is 5.92 Å². The fourth-order valence-electron chi connectivity index (χ4n) is 2.05. The van der Waals surface area contributed by atoms with Gasteiger partial charge in [0.1, 0.15) is 19.8 Å². The predicted molar refractivity (Wildman–Crippen MR) is 79.1 cm³/mol. The summed E-state index contributed by atoms with van der Waals surface area (Å²) in [6.07, 6.45) is 0.464. The number of carbonyl (C=O) groups is 2. The van der Waals surface area contributed by atoms with E-state index in [4.69, 9.17) is 14.6 Å². The number of hydrogen-bond donors (Lipinski definition) is 3. The third-order valence-electron chi connectivity index (χ3n) is 3.09. The maximum Gasteiger partial charge on any atom is 0.322 e. The van der Waals surface area contributed by atoms with E-state index >= 15 is 0 Å². The van der Waals surface area contributed by atoms with Crippen LogP contribution < -0.4 is 14.8 Å². The Kier molecular flexibility index (Phi) is 5.32. The van der Waals surface area contributed by atoms with E-state index in [2.05, 4.69) is 17.9 Å². The highest BCUT2D eigenvalue weighted by molar-refractivity contribution is 7.80. The fraction of sp³-hybridized carbons (Fsp3) is 0.429. The number of benzene rings is 1. The van der Waals surface area contributed by atoms with Crippen molar-refractivity contribution in [3.8, 4) is 11.5 Å². The van der Waals surface area contributed by atoms with E-state index in [1.165, 1.54) is 0 Å². The quantitative estimate of drug-likeness (QED) is 0.675. The van der Waals surface area contributed by atoms with Crippen LogP contribution in [0.25, 0.3) is 0 Å². The second-order valence-electron chi connectivity index (χ2n) is 4.67. The van der Waals surface area contributed by atoms with Gasteiger partial charge in [-0.25, -0.2) is 0 Å². The lowest BCUT2D eigenvalue weighted by atomic mass is 9.99. The molecule has 1 aliphatic rings. The van der Waals surface area contributed by atoms with E-state index in [1.54, 1.807) is 0 Å². The summed E-state index contributed by atoms with van der Waals surface area (Å²) >= 11 is 4.16. The van der Waals surface area contributed by atoms with Crippen LogP contribution >= 0.6 is 12.6 Å². The van der Waals surface area contributed by atoms with Gasteiger partial charge in [0.05, 0.1) is 5.92 Å². The molecule has 0 spiro atoms. The van der Waals surface area contributed by atoms with Crippen LogP contribution in [0.4, 0.5) is 0 Å². The first-order chi connectivity index (χ1) is 10.1. The molecule has 1 aliphatic heterocycles. The molecule has 2 rings (SSSR count). The summed E-state index contributed by atoms with van der Waals surface area (Å²) in [5, 5.41) is 10.9. The van der Waals surface area contributed by atoms with Crippen molar-refractivity contribution in [2.45, 2.75) is 6.42 Å². The molecule has 0 saturated carbocycles. The summed E-state index contributed by atoms with van der Waals surface area (Å²) in [7, 11) is 0. The van der Waals surface area contributed by atoms with Crippen LogP contribution in [0.1, 0.15) is 5.56 Å². The number of rotatable bonds is 6. The van der Waals surface area contributed by atoms with Crippen molar-refractivity contribution in [2.75, 3.05) is 25.5 Å². The minimum atomic E-state index is -1.07. The fourth-order valence-corrected chi connectivity index (χ4v) is 2.34. The molecule has 1 aromatic carbocycles. The Morgan fingerprint density at radius 3 is 2.67 bits per heavy atom. The smallest absolute Gasteiger partial charge is 0.322 e. The summed E-state index contributed by atoms with van der Waals surface area (Å²) in [6.45, 7) is 0.652. The summed E-state index contributed by atoms with van der Waals surface area (Å²) in [6, 6.07) is 5.53. The first kappa shape index (κ1) is 15.5. The predicted octanol–water partition coefficient (Wildman–Crippen LogP) is 0.747. The lowest BCUT2D eigenvalue weighted by Gasteiger charge is -2.20. The maximum absolute atomic E-state index is 11.9. The highest BCUT2D eigenvalue weighted by Gasteiger charge is 2.19. The monoisotopic (exact) mass is 311 g/mol. The Balaban J connectivity index is 2.01. The van der Waals surface area contributed by atoms with Gasteiger partial charge >= 0.3 is 5.97 Å². The van der Waals surface area contributed by atoms with E-state index in [0.29, 0.717) is 36.9 Å². The number of amides is 1. The van der Waals surface area contributed by atoms with Gasteiger partial charge in [0.15, 0.2) is 11.5 Å². The van der Waals surface area contributed by atoms with E-state index in [-0.39, 0.29) is 12.5 Å². The molecule has 0 radical (unpaired) electrons. The molecule has 6 nitrogen and oxygen atoms in total. The van der Waals surface area contributed by atoms with Gasteiger partial charge in [-0.1, -0.05) is 6.07 Å². The Hall–Kier alpha value is -1.89. The minimum Gasteiger partial charge on any atom is -0.486 e. The molecule has 1 aromatic rings. The molecule has 1 unspecified atom stereocenters. The van der Waals surface area contributed by atoms with Crippen molar-refractivity contribution in [3.63, 3.8) is 0 Å². The lowest BCUT2D eigenvalue weighted by Crippen LogP contribution is -2.36. The maximum atomic E-state index is 11.9. The molecule has 1 heterocycles. The van der Waals surface area contributed by atoms with Crippen molar-refractivity contribution in [1.29, 1.82) is 0 Å². The molecular formula is C14H17NO5S. The molecule has 21 heavy (non-hydrogen) atoms. The molecule has 0 saturated heterocycles. The highest BCUT2D eigenvalue weighted by Crippen LogP contribution is 2.31. The molecule has 0 bridgehead atoms. The number of carbonyl (C=O) groups excluding carboxylic acids is 1. The van der Waals surface area contributed by atoms with E-state index in [9.17, 15) is 9.59 Å². The third kappa shape index (κ3) is 4.29. The number of aliphatic carboxylic acids is 1. The summed E-state index contributed by atoms with van der Waals surface area (Å²) < 4.78 is 10.9. The van der Waals surface area contributed by atoms with Crippen LogP contribution in [-0.2, 0) is 16.0 Å². The van der Waals surface area contributed by atoms with Crippen molar-refractivity contribution < 1.29 is 24.2 Å². The molecule has 2 N–H and O–H groups in total. The first-order valence-electron chi connectivity index (χ1n) is 6.59. The zero-order valence-electron chi connectivity index (χ0n) is 11.4. The van der Waals surface area contributed by atoms with Crippen LogP contribution in [0.3, 0.4) is 0 Å². The van der Waals surface area contributed by atoms with Crippen LogP contribution in [0.15, 0.2) is 18.2 Å². The number of thiol groups is 1. The van der Waals surface area contributed by atoms with Crippen molar-refractivity contribution in [3.05, 3.63) is 23.8 Å². The second-order valence-corrected chi connectivity index (χ2v) is 5.04. The number of ether oxygens (including phenoxy) is 2. The Labute approximate surface area is 127 Å². The van der Waals surface area contributed by atoms with Gasteiger partial charge in [0.25, 0.3) is 0 Å². The normalized spacial score (nSPS) is 14.3. The molecule has 0 fully saturated rings. The lowest BCUT2D eigenvalue weighted by molar-refractivity contribution is -0.138. The van der Waals surface area contributed by atoms with Gasteiger partial charge in [-0.15, -0.1) is 0 Å². The van der Waals surface area contributed by atoms with Crippen LogP contribution in [0.2, 0.25) is 0 Å². The molecular weight excluding hydrogens is 294 g/mol. The zero-order chi connectivity index (χ0) is 15.2. The highest BCUT2D eigenvalue weighted by atomic mass is 32.1. The number of fused-ring (bicyclic) bond motifs is 1. The second kappa shape index (κ2) is 7.21. The largest absolute Gasteiger partial charge is 0.486 e. The SMILES string of the molecule is O=C(O)CNC(=O)C(CS)Cc1ccc2c(c1)OCCO2. The summed E-state index contributed by atoms with van der Waals surface area (Å²) in [4.78, 5) is 22.4. The topological polar surface area (TPSA) is 84.9 Å². The average molecular weight is 311 g/mol. The molecule has 0 aliphatic carbocycles. The first-order valence-corrected chi connectivity index (χ1v) is 7.22. The number of nitrogens with one attached hydrogen (secondary N) is 1. The summed E-state index contributed by atoms with van der Waals surface area (Å²) in [5.74, 6) is -0.0802. The number of carboxylic acids is 1. The minimum absolute atomic E-state index is 0.317. The standard InChI is InChI=1S/C14H17NO5S/c16-13(17)7-15-14(18)10(8-21)5-9-1-2-11-12(6-9)20-4-3-19-11/h1-2,6,10,21H,3-5,7-8H2,(H,15,18)(H,16,17). The number of carboxylic acid groups (broad SMARTS) is 1. The molecule has 0 aromatic heterocycles. The van der Waals surface area contributed by atoms with Gasteiger partial charge in [0.2, 0.25) is 5.91 Å². The van der Waals surface area contributed by atoms with Gasteiger partial charge in [-0.3, -0.25) is 9.59 Å². The summed E-state index contributed by atoms with van der Waals surface area (Å²) in [5.41, 5.74) is 0.920. The molecule has 114 valence electrons. The van der Waals surface area contributed by atoms with Crippen molar-refractivity contribution in [1.82, 2.24) is 5.32 Å². The van der Waals surface area contributed by atoms with Gasteiger partial charge in [-0.05, 0) is 24.1 Å². The molecule has 7 heteroatoms. The van der Waals surface area contributed by atoms with Crippen molar-refractivity contribution in [2.24, 2.45) is 5.92 Å². The van der Waals surface area contributed by atoms with Crippen molar-refractivity contribution >= 4 is 24.5 Å². The van der Waals surface area contributed by atoms with Crippen LogP contribution in [0.5, 0.6) is 11.5 Å². The van der Waals surface area contributed by atoms with E-state index in [1.807, 2.05) is 18.2 Å². The van der Waals surface area contributed by atoms with Gasteiger partial charge < -0.3 is 19.9 Å². The van der Waals surface area contributed by atoms with E-state index < -0.39 is 11.9 Å². The van der Waals surface area contributed by atoms with Crippen LogP contribution in [-0.4, -0.2) is 42.5 Å². The Bertz CT molecular complexity index is 534. The third-order valence-corrected chi connectivity index (χ3v) is 3.53. The van der Waals surface area contributed by atoms with E-state index in [0.717, 1.165) is 5.56 Å². The van der Waals surface area contributed by atoms with Gasteiger partial charge in [0, 0.05) is 5.75 Å². The molecule has 1 amide bonds. The van der Waals surface area contributed by atoms with Gasteiger partial charge in [-0.2, -0.15) is 12.6 Å².